The number of hydrogen-bond donors (Lipinski definition) is 1. The summed E-state index contributed by atoms with van der Waals surface area (Å²) in [5, 5.41) is 2.45. The molecule has 144 valence electrons. The molecule has 0 aliphatic carbocycles. The predicted octanol–water partition coefficient (Wildman–Crippen LogP) is 0.499. The van der Waals surface area contributed by atoms with Crippen molar-refractivity contribution in [2.24, 2.45) is 4.99 Å². The number of likely N-dealkylation sites (N-methyl/N-ethyl adjacent to an activating group) is 1. The Hall–Kier alpha value is -2.61. The van der Waals surface area contributed by atoms with E-state index in [1.165, 1.54) is 10.5 Å². The number of hydrogen-bond acceptors (Lipinski definition) is 6. The van der Waals surface area contributed by atoms with Gasteiger partial charge in [-0.25, -0.2) is 9.79 Å². The van der Waals surface area contributed by atoms with Gasteiger partial charge < -0.3 is 19.4 Å². The lowest BCUT2D eigenvalue weighted by atomic mass is 10.1. The number of rotatable bonds is 4. The third-order valence-electron chi connectivity index (χ3n) is 5.34. The molecule has 1 N–H and O–H groups in total. The Kier molecular flexibility index (Phi) is 4.98. The fourth-order valence-electron chi connectivity index (χ4n) is 3.88. The summed E-state index contributed by atoms with van der Waals surface area (Å²) >= 11 is 0. The second-order valence-corrected chi connectivity index (χ2v) is 7.07. The van der Waals surface area contributed by atoms with Crippen LogP contribution in [0.1, 0.15) is 12.0 Å². The number of morpholine rings is 1. The first-order valence-electron chi connectivity index (χ1n) is 9.44. The third-order valence-corrected chi connectivity index (χ3v) is 5.34. The van der Waals surface area contributed by atoms with Gasteiger partial charge >= 0.3 is 6.03 Å². The van der Waals surface area contributed by atoms with E-state index in [9.17, 15) is 9.59 Å². The monoisotopic (exact) mass is 371 g/mol. The van der Waals surface area contributed by atoms with E-state index in [2.05, 4.69) is 27.2 Å². The lowest BCUT2D eigenvalue weighted by Crippen LogP contribution is -2.64. The highest BCUT2D eigenvalue weighted by molar-refractivity contribution is 6.03. The van der Waals surface area contributed by atoms with Gasteiger partial charge in [-0.15, -0.1) is 0 Å². The van der Waals surface area contributed by atoms with E-state index < -0.39 is 18.2 Å². The number of amides is 3. The summed E-state index contributed by atoms with van der Waals surface area (Å²) in [5.74, 6) is 0.535. The second kappa shape index (κ2) is 7.56. The Balaban J connectivity index is 1.52. The number of carbonyl (C=O) groups is 2. The number of aliphatic imine (C=N–C) groups is 1. The van der Waals surface area contributed by atoms with E-state index in [-0.39, 0.29) is 5.91 Å². The lowest BCUT2D eigenvalue weighted by molar-refractivity contribution is -0.127. The molecule has 3 aliphatic heterocycles. The number of ether oxygens (including phenoxy) is 1. The Morgan fingerprint density at radius 2 is 1.93 bits per heavy atom. The summed E-state index contributed by atoms with van der Waals surface area (Å²) in [5.41, 5.74) is 1.28. The van der Waals surface area contributed by atoms with Gasteiger partial charge in [0.25, 0.3) is 5.91 Å². The minimum atomic E-state index is -0.471. The number of nitrogens with one attached hydrogen (secondary N) is 1. The molecule has 1 aromatic rings. The Labute approximate surface area is 158 Å². The second-order valence-electron chi connectivity index (χ2n) is 7.07. The number of guanidine groups is 1. The van der Waals surface area contributed by atoms with Crippen molar-refractivity contribution in [2.75, 3.05) is 39.9 Å². The largest absolute Gasteiger partial charge is 0.378 e. The zero-order valence-corrected chi connectivity index (χ0v) is 15.5. The normalized spacial score (nSPS) is 25.4. The van der Waals surface area contributed by atoms with Crippen molar-refractivity contribution >= 4 is 17.9 Å². The molecular weight excluding hydrogens is 346 g/mol. The first kappa shape index (κ1) is 17.8. The quantitative estimate of drug-likeness (QED) is 0.834. The minimum absolute atomic E-state index is 0.269. The first-order valence-corrected chi connectivity index (χ1v) is 9.44. The van der Waals surface area contributed by atoms with Gasteiger partial charge in [-0.1, -0.05) is 30.3 Å². The van der Waals surface area contributed by atoms with Gasteiger partial charge in [-0.2, -0.15) is 0 Å². The van der Waals surface area contributed by atoms with Crippen LogP contribution in [0.5, 0.6) is 0 Å². The van der Waals surface area contributed by atoms with Gasteiger partial charge in [-0.3, -0.25) is 10.1 Å². The highest BCUT2D eigenvalue weighted by Gasteiger charge is 2.49. The number of carbonyl (C=O) groups excluding carboxylic acids is 2. The molecule has 3 heterocycles. The van der Waals surface area contributed by atoms with Crippen molar-refractivity contribution in [3.05, 3.63) is 35.9 Å². The van der Waals surface area contributed by atoms with Crippen LogP contribution in [0.3, 0.4) is 0 Å². The number of nitrogens with zero attached hydrogens (tertiary/aromatic N) is 4. The summed E-state index contributed by atoms with van der Waals surface area (Å²) in [4.78, 5) is 35.1. The number of imide groups is 1. The molecule has 2 saturated heterocycles. The summed E-state index contributed by atoms with van der Waals surface area (Å²) in [6.07, 6.45) is 1.36. The number of aryl methyl sites for hydroxylation is 1. The Bertz CT molecular complexity index is 732. The summed E-state index contributed by atoms with van der Waals surface area (Å²) < 4.78 is 5.45. The minimum Gasteiger partial charge on any atom is -0.378 e. The van der Waals surface area contributed by atoms with E-state index in [4.69, 9.17) is 9.73 Å². The topological polar surface area (TPSA) is 77.5 Å². The molecule has 0 radical (unpaired) electrons. The van der Waals surface area contributed by atoms with Gasteiger partial charge in [0.2, 0.25) is 0 Å². The third kappa shape index (κ3) is 3.49. The molecular formula is C19H25N5O3. The van der Waals surface area contributed by atoms with Crippen LogP contribution in [0.2, 0.25) is 0 Å². The maximum Gasteiger partial charge on any atom is 0.325 e. The lowest BCUT2D eigenvalue weighted by Gasteiger charge is -2.38. The van der Waals surface area contributed by atoms with Crippen molar-refractivity contribution < 1.29 is 14.3 Å². The van der Waals surface area contributed by atoms with Crippen LogP contribution in [0, 0.1) is 0 Å². The predicted molar refractivity (Wildman–Crippen MR) is 100 cm³/mol. The van der Waals surface area contributed by atoms with Crippen LogP contribution >= 0.6 is 0 Å². The molecule has 1 aromatic carbocycles. The zero-order chi connectivity index (χ0) is 18.8. The van der Waals surface area contributed by atoms with Gasteiger partial charge in [0, 0.05) is 26.7 Å². The molecule has 0 bridgehead atoms. The average Bonchev–Trinajstić information content (AvgIpc) is 3.08. The van der Waals surface area contributed by atoms with Crippen molar-refractivity contribution in [3.8, 4) is 0 Å². The van der Waals surface area contributed by atoms with Crippen LogP contribution in [0.25, 0.3) is 0 Å². The summed E-state index contributed by atoms with van der Waals surface area (Å²) in [7, 11) is 1.69. The highest BCUT2D eigenvalue weighted by Crippen LogP contribution is 2.26. The van der Waals surface area contributed by atoms with Crippen molar-refractivity contribution in [2.45, 2.75) is 25.0 Å². The van der Waals surface area contributed by atoms with Crippen LogP contribution < -0.4 is 5.32 Å². The van der Waals surface area contributed by atoms with E-state index in [0.717, 1.165) is 31.9 Å². The molecule has 0 aromatic heterocycles. The molecule has 3 aliphatic rings. The average molecular weight is 371 g/mol. The molecule has 2 fully saturated rings. The molecule has 0 spiro atoms. The van der Waals surface area contributed by atoms with Crippen LogP contribution in [0.4, 0.5) is 4.79 Å². The van der Waals surface area contributed by atoms with E-state index in [1.54, 1.807) is 7.05 Å². The SMILES string of the molecule is CN1C(=O)NC(=O)C2C1N=C(N1CCOCC1)N2CCCc1ccccc1. The molecule has 27 heavy (non-hydrogen) atoms. The fourth-order valence-corrected chi connectivity index (χ4v) is 3.88. The van der Waals surface area contributed by atoms with Gasteiger partial charge in [-0.05, 0) is 18.4 Å². The maximum atomic E-state index is 12.6. The molecule has 2 atom stereocenters. The summed E-state index contributed by atoms with van der Waals surface area (Å²) in [6.45, 7) is 3.49. The van der Waals surface area contributed by atoms with Gasteiger partial charge in [0.05, 0.1) is 13.2 Å². The van der Waals surface area contributed by atoms with Gasteiger partial charge in [0.15, 0.2) is 18.2 Å². The molecule has 0 saturated carbocycles. The molecule has 2 unspecified atom stereocenters. The number of fused-ring (bicyclic) bond motifs is 1. The van der Waals surface area contributed by atoms with Crippen LogP contribution in [0.15, 0.2) is 35.3 Å². The fraction of sp³-hybridized carbons (Fsp3) is 0.526. The van der Waals surface area contributed by atoms with Crippen LogP contribution in [-0.2, 0) is 16.0 Å². The van der Waals surface area contributed by atoms with Crippen molar-refractivity contribution in [1.29, 1.82) is 0 Å². The molecule has 8 nitrogen and oxygen atoms in total. The first-order chi connectivity index (χ1) is 13.1. The molecule has 8 heteroatoms. The molecule has 4 rings (SSSR count). The zero-order valence-electron chi connectivity index (χ0n) is 15.5. The summed E-state index contributed by atoms with van der Waals surface area (Å²) in [6, 6.07) is 9.46. The van der Waals surface area contributed by atoms with E-state index >= 15 is 0 Å². The molecule has 3 amide bonds. The Morgan fingerprint density at radius 3 is 2.67 bits per heavy atom. The van der Waals surface area contributed by atoms with E-state index in [0.29, 0.717) is 19.8 Å². The van der Waals surface area contributed by atoms with E-state index in [1.807, 2.05) is 18.2 Å². The van der Waals surface area contributed by atoms with Crippen molar-refractivity contribution in [1.82, 2.24) is 20.0 Å². The smallest absolute Gasteiger partial charge is 0.325 e. The highest BCUT2D eigenvalue weighted by atomic mass is 16.5. The number of benzene rings is 1. The number of urea groups is 1. The van der Waals surface area contributed by atoms with Gasteiger partial charge in [0.1, 0.15) is 0 Å². The van der Waals surface area contributed by atoms with Crippen molar-refractivity contribution in [3.63, 3.8) is 0 Å². The Morgan fingerprint density at radius 1 is 1.19 bits per heavy atom. The van der Waals surface area contributed by atoms with Crippen LogP contribution in [-0.4, -0.2) is 84.7 Å². The maximum absolute atomic E-state index is 12.6. The standard InChI is InChI=1S/C19H25N5O3/c1-22-16-15(17(25)21-19(22)26)24(9-5-8-14-6-3-2-4-7-14)18(20-16)23-10-12-27-13-11-23/h2-4,6-7,15-16H,5,8-13H2,1H3,(H,21,25,26).